The molecule has 0 N–H and O–H groups in total. The summed E-state index contributed by atoms with van der Waals surface area (Å²) in [7, 11) is 0. The molecule has 0 bridgehead atoms. The van der Waals surface area contributed by atoms with E-state index in [-0.39, 0.29) is 11.5 Å². The van der Waals surface area contributed by atoms with Crippen molar-refractivity contribution in [1.82, 2.24) is 4.98 Å². The summed E-state index contributed by atoms with van der Waals surface area (Å²) >= 11 is 0. The summed E-state index contributed by atoms with van der Waals surface area (Å²) in [5.41, 5.74) is 3.20. The van der Waals surface area contributed by atoms with Crippen molar-refractivity contribution in [1.29, 1.82) is 0 Å². The summed E-state index contributed by atoms with van der Waals surface area (Å²) in [6.07, 6.45) is 0. The van der Waals surface area contributed by atoms with E-state index in [4.69, 9.17) is 4.42 Å². The lowest BCUT2D eigenvalue weighted by atomic mass is 10.0. The van der Waals surface area contributed by atoms with Crippen LogP contribution in [0.3, 0.4) is 0 Å². The Hall–Kier alpha value is -1.64. The predicted molar refractivity (Wildman–Crippen MR) is 73.2 cm³/mol. The van der Waals surface area contributed by atoms with E-state index in [0.29, 0.717) is 11.5 Å². The molecule has 0 atom stereocenters. The highest BCUT2D eigenvalue weighted by Gasteiger charge is 2.15. The number of aryl methyl sites for hydroxylation is 1. The fourth-order valence-electron chi connectivity index (χ4n) is 2.05. The predicted octanol–water partition coefficient (Wildman–Crippen LogP) is 3.74. The molecule has 0 unspecified atom stereocenters. The zero-order valence-electron chi connectivity index (χ0n) is 11.6. The third kappa shape index (κ3) is 2.17. The smallest absolute Gasteiger partial charge is 0.336 e. The molecule has 2 aromatic heterocycles. The van der Waals surface area contributed by atoms with Crippen LogP contribution in [0.1, 0.15) is 56.5 Å². The molecule has 3 heteroatoms. The van der Waals surface area contributed by atoms with Crippen molar-refractivity contribution in [2.45, 2.75) is 46.5 Å². The molecule has 2 aromatic rings. The Kier molecular flexibility index (Phi) is 3.24. The maximum Gasteiger partial charge on any atom is 0.336 e. The summed E-state index contributed by atoms with van der Waals surface area (Å²) < 4.78 is 5.35. The monoisotopic (exact) mass is 245 g/mol. The van der Waals surface area contributed by atoms with Crippen molar-refractivity contribution >= 4 is 11.0 Å². The van der Waals surface area contributed by atoms with Gasteiger partial charge in [-0.15, -0.1) is 0 Å². The van der Waals surface area contributed by atoms with Crippen LogP contribution < -0.4 is 5.63 Å². The molecule has 0 aliphatic rings. The highest BCUT2D eigenvalue weighted by atomic mass is 16.4. The minimum atomic E-state index is -0.305. The first-order valence-corrected chi connectivity index (χ1v) is 6.35. The van der Waals surface area contributed by atoms with Crippen molar-refractivity contribution < 1.29 is 4.42 Å². The van der Waals surface area contributed by atoms with Gasteiger partial charge in [0.1, 0.15) is 0 Å². The number of hydrogen-bond acceptors (Lipinski definition) is 3. The van der Waals surface area contributed by atoms with Crippen molar-refractivity contribution in [3.63, 3.8) is 0 Å². The van der Waals surface area contributed by atoms with E-state index in [2.05, 4.69) is 32.7 Å². The van der Waals surface area contributed by atoms with E-state index >= 15 is 0 Å². The second-order valence-electron chi connectivity index (χ2n) is 5.37. The van der Waals surface area contributed by atoms with E-state index in [1.54, 1.807) is 0 Å². The minimum absolute atomic E-state index is 0.233. The molecule has 0 aliphatic heterocycles. The van der Waals surface area contributed by atoms with E-state index in [1.165, 1.54) is 6.07 Å². The van der Waals surface area contributed by atoms with Crippen LogP contribution in [0, 0.1) is 6.92 Å². The van der Waals surface area contributed by atoms with Crippen LogP contribution in [-0.2, 0) is 0 Å². The van der Waals surface area contributed by atoms with Gasteiger partial charge in [-0.05, 0) is 30.4 Å². The zero-order chi connectivity index (χ0) is 13.4. The fourth-order valence-corrected chi connectivity index (χ4v) is 2.05. The third-order valence-corrected chi connectivity index (χ3v) is 3.12. The average Bonchev–Trinajstić information content (AvgIpc) is 2.27. The second-order valence-corrected chi connectivity index (χ2v) is 5.37. The number of pyridine rings is 1. The second kappa shape index (κ2) is 4.56. The standard InChI is InChI=1S/C15H19NO2/c1-8(2)12-7-11-10(5)6-13(17)18-15(11)14(16-12)9(3)4/h6-9H,1-5H3. The molecule has 0 saturated carbocycles. The maximum absolute atomic E-state index is 11.5. The molecule has 96 valence electrons. The number of hydrogen-bond donors (Lipinski definition) is 0. The van der Waals surface area contributed by atoms with Crippen molar-refractivity contribution in [3.8, 4) is 0 Å². The van der Waals surface area contributed by atoms with Crippen molar-refractivity contribution in [3.05, 3.63) is 39.5 Å². The molecule has 0 radical (unpaired) electrons. The first kappa shape index (κ1) is 12.8. The van der Waals surface area contributed by atoms with Crippen LogP contribution in [0.2, 0.25) is 0 Å². The minimum Gasteiger partial charge on any atom is -0.421 e. The highest BCUT2D eigenvalue weighted by Crippen LogP contribution is 2.27. The number of fused-ring (bicyclic) bond motifs is 1. The molecule has 2 rings (SSSR count). The van der Waals surface area contributed by atoms with Gasteiger partial charge in [0.2, 0.25) is 0 Å². The summed E-state index contributed by atoms with van der Waals surface area (Å²) in [6, 6.07) is 3.57. The molecular formula is C15H19NO2. The van der Waals surface area contributed by atoms with Crippen LogP contribution >= 0.6 is 0 Å². The SMILES string of the molecule is Cc1cc(=O)oc2c(C(C)C)nc(C(C)C)cc12. The van der Waals surface area contributed by atoms with Gasteiger partial charge in [0.15, 0.2) is 5.58 Å². The summed E-state index contributed by atoms with van der Waals surface area (Å²) in [5, 5.41) is 0.997. The van der Waals surface area contributed by atoms with Crippen molar-refractivity contribution in [2.75, 3.05) is 0 Å². The fraction of sp³-hybridized carbons (Fsp3) is 0.467. The van der Waals surface area contributed by atoms with Crippen LogP contribution in [-0.4, -0.2) is 4.98 Å². The van der Waals surface area contributed by atoms with Crippen LogP contribution in [0.15, 0.2) is 21.3 Å². The molecule has 0 fully saturated rings. The molecule has 2 heterocycles. The van der Waals surface area contributed by atoms with E-state index < -0.39 is 0 Å². The topological polar surface area (TPSA) is 43.1 Å². The highest BCUT2D eigenvalue weighted by molar-refractivity contribution is 5.82. The molecule has 0 saturated heterocycles. The van der Waals surface area contributed by atoms with Gasteiger partial charge < -0.3 is 4.42 Å². The quantitative estimate of drug-likeness (QED) is 0.809. The molecule has 0 aromatic carbocycles. The van der Waals surface area contributed by atoms with Gasteiger partial charge in [0.05, 0.1) is 5.69 Å². The lowest BCUT2D eigenvalue weighted by Crippen LogP contribution is -2.05. The molecule has 18 heavy (non-hydrogen) atoms. The first-order chi connectivity index (χ1) is 8.40. The zero-order valence-corrected chi connectivity index (χ0v) is 11.6. The van der Waals surface area contributed by atoms with Crippen LogP contribution in [0.4, 0.5) is 0 Å². The molecule has 0 amide bonds. The van der Waals surface area contributed by atoms with Crippen LogP contribution in [0.5, 0.6) is 0 Å². The van der Waals surface area contributed by atoms with Crippen molar-refractivity contribution in [2.24, 2.45) is 0 Å². The lowest BCUT2D eigenvalue weighted by molar-refractivity contribution is 0.548. The van der Waals surface area contributed by atoms with Gasteiger partial charge in [0.25, 0.3) is 0 Å². The number of nitrogens with zero attached hydrogens (tertiary/aromatic N) is 1. The summed E-state index contributed by atoms with van der Waals surface area (Å²) in [5.74, 6) is 0.592. The van der Waals surface area contributed by atoms with Gasteiger partial charge in [-0.25, -0.2) is 4.79 Å². The summed E-state index contributed by atoms with van der Waals surface area (Å²) in [4.78, 5) is 16.2. The first-order valence-electron chi connectivity index (χ1n) is 6.35. The van der Waals surface area contributed by atoms with Gasteiger partial charge in [-0.3, -0.25) is 4.98 Å². The Bertz CT molecular complexity index is 639. The Labute approximate surface area is 107 Å². The number of aromatic nitrogens is 1. The molecule has 3 nitrogen and oxygen atoms in total. The maximum atomic E-state index is 11.5. The van der Waals surface area contributed by atoms with Gasteiger partial charge >= 0.3 is 5.63 Å². The third-order valence-electron chi connectivity index (χ3n) is 3.12. The largest absolute Gasteiger partial charge is 0.421 e. The molecular weight excluding hydrogens is 226 g/mol. The average molecular weight is 245 g/mol. The van der Waals surface area contributed by atoms with Crippen LogP contribution in [0.25, 0.3) is 11.0 Å². The van der Waals surface area contributed by atoms with E-state index in [0.717, 1.165) is 22.3 Å². The van der Waals surface area contributed by atoms with E-state index in [1.807, 2.05) is 13.0 Å². The van der Waals surface area contributed by atoms with Gasteiger partial charge in [-0.1, -0.05) is 27.7 Å². The van der Waals surface area contributed by atoms with Gasteiger partial charge in [-0.2, -0.15) is 0 Å². The van der Waals surface area contributed by atoms with E-state index in [9.17, 15) is 4.79 Å². The Morgan fingerprint density at radius 2 is 1.78 bits per heavy atom. The normalized spacial score (nSPS) is 11.7. The Balaban J connectivity index is 2.90. The van der Waals surface area contributed by atoms with Gasteiger partial charge in [0, 0.05) is 17.1 Å². The molecule has 0 aliphatic carbocycles. The Morgan fingerprint density at radius 3 is 2.33 bits per heavy atom. The Morgan fingerprint density at radius 1 is 1.11 bits per heavy atom. The molecule has 0 spiro atoms. The summed E-state index contributed by atoms with van der Waals surface area (Å²) in [6.45, 7) is 10.3. The lowest BCUT2D eigenvalue weighted by Gasteiger charge is -2.13. The number of rotatable bonds is 2.